The summed E-state index contributed by atoms with van der Waals surface area (Å²) >= 11 is 1.15. The van der Waals surface area contributed by atoms with E-state index in [0.29, 0.717) is 16.7 Å². The van der Waals surface area contributed by atoms with E-state index in [1.165, 1.54) is 12.1 Å². The van der Waals surface area contributed by atoms with Crippen molar-refractivity contribution in [3.05, 3.63) is 30.1 Å². The zero-order valence-electron chi connectivity index (χ0n) is 9.51. The first-order valence-electron chi connectivity index (χ1n) is 5.12. The Labute approximate surface area is 107 Å². The molecular weight excluding hydrogens is 257 g/mol. The van der Waals surface area contributed by atoms with Crippen LogP contribution < -0.4 is 5.32 Å². The lowest BCUT2D eigenvalue weighted by atomic mass is 10.2. The van der Waals surface area contributed by atoms with E-state index in [4.69, 9.17) is 4.42 Å². The standard InChI is InChI=1S/C11H10FN3O2S/c1-13-9(16)6-18-11-15-14-10(17-11)7-2-4-8(12)5-3-7/h2-5H,6H2,1H3,(H,13,16). The van der Waals surface area contributed by atoms with Crippen molar-refractivity contribution in [2.45, 2.75) is 5.22 Å². The molecule has 18 heavy (non-hydrogen) atoms. The molecule has 2 aromatic rings. The largest absolute Gasteiger partial charge is 0.411 e. The zero-order chi connectivity index (χ0) is 13.0. The van der Waals surface area contributed by atoms with Crippen molar-refractivity contribution in [1.82, 2.24) is 15.5 Å². The highest BCUT2D eigenvalue weighted by Crippen LogP contribution is 2.22. The van der Waals surface area contributed by atoms with Crippen LogP contribution in [0, 0.1) is 5.82 Å². The zero-order valence-corrected chi connectivity index (χ0v) is 10.3. The van der Waals surface area contributed by atoms with Crippen molar-refractivity contribution in [1.29, 1.82) is 0 Å². The summed E-state index contributed by atoms with van der Waals surface area (Å²) in [5, 5.41) is 10.4. The monoisotopic (exact) mass is 267 g/mol. The van der Waals surface area contributed by atoms with Crippen LogP contribution in [0.4, 0.5) is 4.39 Å². The molecule has 0 fully saturated rings. The quantitative estimate of drug-likeness (QED) is 0.854. The average molecular weight is 267 g/mol. The molecule has 1 aromatic heterocycles. The Kier molecular flexibility index (Phi) is 3.93. The molecule has 0 saturated carbocycles. The number of halogens is 1. The maximum absolute atomic E-state index is 12.7. The maximum Gasteiger partial charge on any atom is 0.277 e. The number of carbonyl (C=O) groups excluding carboxylic acids is 1. The van der Waals surface area contributed by atoms with Crippen molar-refractivity contribution in [2.75, 3.05) is 12.8 Å². The number of rotatable bonds is 4. The van der Waals surface area contributed by atoms with E-state index in [1.54, 1.807) is 19.2 Å². The number of nitrogens with one attached hydrogen (secondary N) is 1. The van der Waals surface area contributed by atoms with Gasteiger partial charge in [-0.05, 0) is 24.3 Å². The minimum atomic E-state index is -0.326. The topological polar surface area (TPSA) is 68.0 Å². The highest BCUT2D eigenvalue weighted by atomic mass is 32.2. The third kappa shape index (κ3) is 3.07. The molecule has 2 rings (SSSR count). The summed E-state index contributed by atoms with van der Waals surface area (Å²) in [6.07, 6.45) is 0. The third-order valence-electron chi connectivity index (χ3n) is 2.10. The Hall–Kier alpha value is -1.89. The van der Waals surface area contributed by atoms with Crippen LogP contribution in [-0.4, -0.2) is 28.9 Å². The van der Waals surface area contributed by atoms with Gasteiger partial charge >= 0.3 is 0 Å². The van der Waals surface area contributed by atoms with Crippen LogP contribution in [0.5, 0.6) is 0 Å². The van der Waals surface area contributed by atoms with Crippen LogP contribution in [0.2, 0.25) is 0 Å². The first-order valence-corrected chi connectivity index (χ1v) is 6.10. The molecule has 0 atom stereocenters. The summed E-state index contributed by atoms with van der Waals surface area (Å²) in [7, 11) is 1.56. The number of carbonyl (C=O) groups is 1. The van der Waals surface area contributed by atoms with Crippen molar-refractivity contribution in [3.8, 4) is 11.5 Å². The number of nitrogens with zero attached hydrogens (tertiary/aromatic N) is 2. The molecule has 0 saturated heterocycles. The van der Waals surface area contributed by atoms with Crippen LogP contribution in [0.3, 0.4) is 0 Å². The van der Waals surface area contributed by atoms with Gasteiger partial charge in [0.2, 0.25) is 11.8 Å². The van der Waals surface area contributed by atoms with Crippen molar-refractivity contribution < 1.29 is 13.6 Å². The van der Waals surface area contributed by atoms with Crippen molar-refractivity contribution in [2.24, 2.45) is 0 Å². The van der Waals surface area contributed by atoms with Gasteiger partial charge in [0.1, 0.15) is 5.82 Å². The molecule has 1 aromatic carbocycles. The fourth-order valence-electron chi connectivity index (χ4n) is 1.18. The summed E-state index contributed by atoms with van der Waals surface area (Å²) in [5.41, 5.74) is 0.635. The minimum Gasteiger partial charge on any atom is -0.411 e. The van der Waals surface area contributed by atoms with Gasteiger partial charge in [0, 0.05) is 12.6 Å². The maximum atomic E-state index is 12.7. The lowest BCUT2D eigenvalue weighted by Gasteiger charge is -1.95. The average Bonchev–Trinajstić information content (AvgIpc) is 2.85. The number of hydrogen-bond acceptors (Lipinski definition) is 5. The van der Waals surface area contributed by atoms with E-state index in [2.05, 4.69) is 15.5 Å². The molecule has 0 bridgehead atoms. The first-order chi connectivity index (χ1) is 8.69. The number of hydrogen-bond donors (Lipinski definition) is 1. The van der Waals surface area contributed by atoms with Gasteiger partial charge in [-0.3, -0.25) is 4.79 Å². The van der Waals surface area contributed by atoms with E-state index >= 15 is 0 Å². The fourth-order valence-corrected chi connectivity index (χ4v) is 1.81. The predicted octanol–water partition coefficient (Wildman–Crippen LogP) is 1.71. The number of benzene rings is 1. The van der Waals surface area contributed by atoms with Crippen LogP contribution in [0.1, 0.15) is 0 Å². The van der Waals surface area contributed by atoms with Gasteiger partial charge < -0.3 is 9.73 Å². The molecule has 1 heterocycles. The van der Waals surface area contributed by atoms with Crippen LogP contribution in [0.15, 0.2) is 33.9 Å². The molecule has 0 spiro atoms. The van der Waals surface area contributed by atoms with Gasteiger partial charge in [-0.1, -0.05) is 11.8 Å². The molecule has 0 aliphatic rings. The molecule has 0 aliphatic carbocycles. The van der Waals surface area contributed by atoms with Crippen LogP contribution >= 0.6 is 11.8 Å². The Bertz CT molecular complexity index is 541. The number of aromatic nitrogens is 2. The third-order valence-corrected chi connectivity index (χ3v) is 2.92. The summed E-state index contributed by atoms with van der Waals surface area (Å²) in [5.74, 6) is 0.0603. The number of thioether (sulfide) groups is 1. The Morgan fingerprint density at radius 3 is 2.78 bits per heavy atom. The first kappa shape index (κ1) is 12.6. The molecule has 0 aliphatic heterocycles. The lowest BCUT2D eigenvalue weighted by Crippen LogP contribution is -2.19. The normalized spacial score (nSPS) is 10.3. The molecule has 0 radical (unpaired) electrons. The van der Waals surface area contributed by atoms with E-state index < -0.39 is 0 Å². The molecular formula is C11H10FN3O2S. The second-order valence-corrected chi connectivity index (χ2v) is 4.27. The molecule has 1 amide bonds. The van der Waals surface area contributed by atoms with Gasteiger partial charge in [-0.2, -0.15) is 0 Å². The fraction of sp³-hybridized carbons (Fsp3) is 0.182. The Morgan fingerprint density at radius 1 is 1.39 bits per heavy atom. The number of amides is 1. The molecule has 1 N–H and O–H groups in total. The molecule has 0 unspecified atom stereocenters. The second-order valence-electron chi connectivity index (χ2n) is 3.34. The predicted molar refractivity (Wildman–Crippen MR) is 64.5 cm³/mol. The van der Waals surface area contributed by atoms with Gasteiger partial charge in [0.05, 0.1) is 5.75 Å². The minimum absolute atomic E-state index is 0.124. The van der Waals surface area contributed by atoms with Gasteiger partial charge in [-0.15, -0.1) is 10.2 Å². The Morgan fingerprint density at radius 2 is 2.11 bits per heavy atom. The Balaban J connectivity index is 2.06. The van der Waals surface area contributed by atoms with Crippen molar-refractivity contribution in [3.63, 3.8) is 0 Å². The van der Waals surface area contributed by atoms with E-state index in [0.717, 1.165) is 11.8 Å². The summed E-state index contributed by atoms with van der Waals surface area (Å²) in [6.45, 7) is 0. The van der Waals surface area contributed by atoms with E-state index in [1.807, 2.05) is 0 Å². The smallest absolute Gasteiger partial charge is 0.277 e. The molecule has 94 valence electrons. The summed E-state index contributed by atoms with van der Waals surface area (Å²) in [6, 6.07) is 5.74. The molecule has 5 nitrogen and oxygen atoms in total. The van der Waals surface area contributed by atoms with E-state index in [9.17, 15) is 9.18 Å². The van der Waals surface area contributed by atoms with Crippen molar-refractivity contribution >= 4 is 17.7 Å². The van der Waals surface area contributed by atoms with Gasteiger partial charge in [-0.25, -0.2) is 4.39 Å². The lowest BCUT2D eigenvalue weighted by molar-refractivity contribution is -0.118. The highest BCUT2D eigenvalue weighted by molar-refractivity contribution is 7.99. The summed E-state index contributed by atoms with van der Waals surface area (Å²) < 4.78 is 18.1. The van der Waals surface area contributed by atoms with Gasteiger partial charge in [0.15, 0.2) is 0 Å². The van der Waals surface area contributed by atoms with Gasteiger partial charge in [0.25, 0.3) is 5.22 Å². The second kappa shape index (κ2) is 5.63. The SMILES string of the molecule is CNC(=O)CSc1nnc(-c2ccc(F)cc2)o1. The summed E-state index contributed by atoms with van der Waals surface area (Å²) in [4.78, 5) is 11.0. The van der Waals surface area contributed by atoms with Crippen LogP contribution in [0.25, 0.3) is 11.5 Å². The molecule has 7 heteroatoms. The van der Waals surface area contributed by atoms with Crippen LogP contribution in [-0.2, 0) is 4.79 Å². The van der Waals surface area contributed by atoms with E-state index in [-0.39, 0.29) is 17.5 Å². The highest BCUT2D eigenvalue weighted by Gasteiger charge is 2.10.